The molecule has 0 radical (unpaired) electrons. The molecular formula is C14H17N3O2S. The second kappa shape index (κ2) is 6.09. The average Bonchev–Trinajstić information content (AvgIpc) is 2.44. The molecule has 0 N–H and O–H groups in total. The van der Waals surface area contributed by atoms with Gasteiger partial charge in [0.2, 0.25) is 5.91 Å². The minimum absolute atomic E-state index is 0.0000562. The molecule has 1 amide bonds. The summed E-state index contributed by atoms with van der Waals surface area (Å²) in [5.74, 6) is 0.276. The maximum atomic E-state index is 12.4. The van der Waals surface area contributed by atoms with Crippen LogP contribution in [0.15, 0.2) is 34.2 Å². The third-order valence-corrected chi connectivity index (χ3v) is 3.93. The number of carbonyl (C=O) groups excluding carboxylic acids is 1. The molecular weight excluding hydrogens is 274 g/mol. The predicted octanol–water partition coefficient (Wildman–Crippen LogP) is 1.60. The molecule has 0 atom stereocenters. The highest BCUT2D eigenvalue weighted by Gasteiger charge is 2.12. The van der Waals surface area contributed by atoms with E-state index in [4.69, 9.17) is 0 Å². The lowest BCUT2D eigenvalue weighted by Gasteiger charge is -2.13. The Kier molecular flexibility index (Phi) is 4.44. The Balaban J connectivity index is 2.42. The number of thioether (sulfide) groups is 1. The third kappa shape index (κ3) is 2.85. The van der Waals surface area contributed by atoms with Crippen molar-refractivity contribution in [3.05, 3.63) is 34.6 Å². The van der Waals surface area contributed by atoms with Gasteiger partial charge in [-0.1, -0.05) is 23.9 Å². The summed E-state index contributed by atoms with van der Waals surface area (Å²) < 4.78 is 1.61. The molecule has 0 fully saturated rings. The number of fused-ring (bicyclic) bond motifs is 1. The summed E-state index contributed by atoms with van der Waals surface area (Å²) >= 11 is 1.30. The first-order chi connectivity index (χ1) is 9.54. The molecule has 0 aliphatic carbocycles. The topological polar surface area (TPSA) is 55.2 Å². The van der Waals surface area contributed by atoms with Crippen LogP contribution in [0, 0.1) is 0 Å². The van der Waals surface area contributed by atoms with Gasteiger partial charge < -0.3 is 4.90 Å². The van der Waals surface area contributed by atoms with Gasteiger partial charge in [0.1, 0.15) is 0 Å². The van der Waals surface area contributed by atoms with Crippen molar-refractivity contribution in [2.24, 2.45) is 0 Å². The SMILES string of the molecule is CCn1c(SCC(=O)N(C)C)nc2ccccc2c1=O. The van der Waals surface area contributed by atoms with Gasteiger partial charge in [-0.25, -0.2) is 4.98 Å². The predicted molar refractivity (Wildman–Crippen MR) is 81.1 cm³/mol. The lowest BCUT2D eigenvalue weighted by Crippen LogP contribution is -2.26. The van der Waals surface area contributed by atoms with Crippen LogP contribution in [0.3, 0.4) is 0 Å². The van der Waals surface area contributed by atoms with Crippen molar-refractivity contribution in [2.75, 3.05) is 19.8 Å². The quantitative estimate of drug-likeness (QED) is 0.634. The van der Waals surface area contributed by atoms with E-state index < -0.39 is 0 Å². The number of rotatable bonds is 4. The van der Waals surface area contributed by atoms with Gasteiger partial charge in [0.05, 0.1) is 16.7 Å². The minimum atomic E-state index is -0.0575. The fourth-order valence-corrected chi connectivity index (χ4v) is 2.83. The Bertz CT molecular complexity index is 694. The molecule has 0 aliphatic heterocycles. The second-order valence-corrected chi connectivity index (χ2v) is 5.48. The number of benzene rings is 1. The maximum Gasteiger partial charge on any atom is 0.262 e. The van der Waals surface area contributed by atoms with E-state index in [2.05, 4.69) is 4.98 Å². The fraction of sp³-hybridized carbons (Fsp3) is 0.357. The number of aromatic nitrogens is 2. The number of nitrogens with zero attached hydrogens (tertiary/aromatic N) is 3. The van der Waals surface area contributed by atoms with Gasteiger partial charge in [0.15, 0.2) is 5.16 Å². The number of amides is 1. The monoisotopic (exact) mass is 291 g/mol. The van der Waals surface area contributed by atoms with Crippen molar-refractivity contribution in [1.82, 2.24) is 14.5 Å². The van der Waals surface area contributed by atoms with Crippen LogP contribution in [-0.2, 0) is 11.3 Å². The van der Waals surface area contributed by atoms with Crippen molar-refractivity contribution in [1.29, 1.82) is 0 Å². The van der Waals surface area contributed by atoms with Gasteiger partial charge >= 0.3 is 0 Å². The largest absolute Gasteiger partial charge is 0.348 e. The zero-order chi connectivity index (χ0) is 14.7. The summed E-state index contributed by atoms with van der Waals surface area (Å²) in [5, 5.41) is 1.20. The molecule has 2 aromatic rings. The van der Waals surface area contributed by atoms with Crippen molar-refractivity contribution in [2.45, 2.75) is 18.6 Å². The molecule has 0 saturated carbocycles. The van der Waals surface area contributed by atoms with Crippen LogP contribution in [-0.4, -0.2) is 40.2 Å². The molecule has 0 bridgehead atoms. The first-order valence-electron chi connectivity index (χ1n) is 6.37. The molecule has 0 saturated heterocycles. The number of hydrogen-bond acceptors (Lipinski definition) is 4. The van der Waals surface area contributed by atoms with Crippen molar-refractivity contribution in [3.63, 3.8) is 0 Å². The van der Waals surface area contributed by atoms with Crippen LogP contribution in [0.2, 0.25) is 0 Å². The number of carbonyl (C=O) groups is 1. The van der Waals surface area contributed by atoms with Gasteiger partial charge in [0, 0.05) is 20.6 Å². The Labute approximate surface area is 121 Å². The van der Waals surface area contributed by atoms with E-state index in [1.807, 2.05) is 25.1 Å². The molecule has 20 heavy (non-hydrogen) atoms. The Morgan fingerprint density at radius 3 is 2.70 bits per heavy atom. The first-order valence-corrected chi connectivity index (χ1v) is 7.35. The Morgan fingerprint density at radius 2 is 2.05 bits per heavy atom. The van der Waals surface area contributed by atoms with Gasteiger partial charge in [-0.05, 0) is 19.1 Å². The Hall–Kier alpha value is -1.82. The van der Waals surface area contributed by atoms with Gasteiger partial charge in [-0.15, -0.1) is 0 Å². The molecule has 0 unspecified atom stereocenters. The van der Waals surface area contributed by atoms with Crippen LogP contribution in [0.1, 0.15) is 6.92 Å². The second-order valence-electron chi connectivity index (χ2n) is 4.54. The van der Waals surface area contributed by atoms with Crippen molar-refractivity contribution in [3.8, 4) is 0 Å². The molecule has 1 aromatic carbocycles. The van der Waals surface area contributed by atoms with Crippen LogP contribution >= 0.6 is 11.8 Å². The molecule has 6 heteroatoms. The van der Waals surface area contributed by atoms with Crippen molar-refractivity contribution < 1.29 is 4.79 Å². The zero-order valence-electron chi connectivity index (χ0n) is 11.8. The van der Waals surface area contributed by atoms with Gasteiger partial charge in [-0.2, -0.15) is 0 Å². The average molecular weight is 291 g/mol. The van der Waals surface area contributed by atoms with E-state index in [1.165, 1.54) is 16.7 Å². The fourth-order valence-electron chi connectivity index (χ4n) is 1.79. The molecule has 106 valence electrons. The molecule has 0 spiro atoms. The van der Waals surface area contributed by atoms with E-state index in [1.54, 1.807) is 24.7 Å². The smallest absolute Gasteiger partial charge is 0.262 e. The summed E-state index contributed by atoms with van der Waals surface area (Å²) in [6, 6.07) is 7.27. The summed E-state index contributed by atoms with van der Waals surface area (Å²) in [6.45, 7) is 2.44. The van der Waals surface area contributed by atoms with Crippen LogP contribution < -0.4 is 5.56 Å². The number of para-hydroxylation sites is 1. The van der Waals surface area contributed by atoms with Gasteiger partial charge in [0.25, 0.3) is 5.56 Å². The normalized spacial score (nSPS) is 10.8. The van der Waals surface area contributed by atoms with E-state index in [0.29, 0.717) is 22.6 Å². The van der Waals surface area contributed by atoms with E-state index in [9.17, 15) is 9.59 Å². The zero-order valence-corrected chi connectivity index (χ0v) is 12.6. The van der Waals surface area contributed by atoms with Crippen molar-refractivity contribution >= 4 is 28.6 Å². The summed E-state index contributed by atoms with van der Waals surface area (Å²) in [6.07, 6.45) is 0. The van der Waals surface area contributed by atoms with Crippen LogP contribution in [0.5, 0.6) is 0 Å². The van der Waals surface area contributed by atoms with Gasteiger partial charge in [-0.3, -0.25) is 14.2 Å². The highest BCUT2D eigenvalue weighted by atomic mass is 32.2. The minimum Gasteiger partial charge on any atom is -0.348 e. The molecule has 1 heterocycles. The van der Waals surface area contributed by atoms with E-state index >= 15 is 0 Å². The summed E-state index contributed by atoms with van der Waals surface area (Å²) in [5.41, 5.74) is 0.611. The first kappa shape index (κ1) is 14.6. The van der Waals surface area contributed by atoms with Crippen LogP contribution in [0.25, 0.3) is 10.9 Å². The third-order valence-electron chi connectivity index (χ3n) is 2.97. The lowest BCUT2D eigenvalue weighted by molar-refractivity contribution is -0.125. The molecule has 2 rings (SSSR count). The summed E-state index contributed by atoms with van der Waals surface area (Å²) in [4.78, 5) is 30.1. The lowest BCUT2D eigenvalue weighted by atomic mass is 10.2. The molecule has 0 aliphatic rings. The maximum absolute atomic E-state index is 12.4. The van der Waals surface area contributed by atoms with Crippen LogP contribution in [0.4, 0.5) is 0 Å². The number of hydrogen-bond donors (Lipinski definition) is 0. The standard InChI is InChI=1S/C14H17N3O2S/c1-4-17-13(19)10-7-5-6-8-11(10)15-14(17)20-9-12(18)16(2)3/h5-8H,4,9H2,1-3H3. The van der Waals surface area contributed by atoms with E-state index in [-0.39, 0.29) is 17.2 Å². The molecule has 1 aromatic heterocycles. The van der Waals surface area contributed by atoms with E-state index in [0.717, 1.165) is 0 Å². The highest BCUT2D eigenvalue weighted by Crippen LogP contribution is 2.17. The Morgan fingerprint density at radius 1 is 1.35 bits per heavy atom. The highest BCUT2D eigenvalue weighted by molar-refractivity contribution is 7.99. The summed E-state index contributed by atoms with van der Waals surface area (Å²) in [7, 11) is 3.42. The molecule has 5 nitrogen and oxygen atoms in total.